The molecule has 1 N–H and O–H groups in total. The van der Waals surface area contributed by atoms with Crippen LogP contribution in [0.15, 0.2) is 16.6 Å². The van der Waals surface area contributed by atoms with Crippen LogP contribution >= 0.6 is 15.9 Å². The van der Waals surface area contributed by atoms with Crippen LogP contribution in [0.2, 0.25) is 0 Å². The molecule has 0 aliphatic rings. The van der Waals surface area contributed by atoms with Gasteiger partial charge in [-0.1, -0.05) is 0 Å². The molecule has 0 heterocycles. The normalized spacial score (nSPS) is 14.5. The molecule has 0 bridgehead atoms. The fraction of sp³-hybridized carbons (Fsp3) is 0.500. The van der Waals surface area contributed by atoms with Gasteiger partial charge in [0.25, 0.3) is 0 Å². The Labute approximate surface area is 120 Å². The molecule has 1 rings (SSSR count). The first-order valence-electron chi connectivity index (χ1n) is 5.54. The van der Waals surface area contributed by atoms with Gasteiger partial charge in [-0.05, 0) is 49.0 Å². The van der Waals surface area contributed by atoms with Crippen LogP contribution in [0, 0.1) is 11.6 Å². The zero-order valence-electron chi connectivity index (χ0n) is 11.1. The summed E-state index contributed by atoms with van der Waals surface area (Å²) in [6.45, 7) is 2.87. The average molecular weight is 356 g/mol. The van der Waals surface area contributed by atoms with Crippen LogP contribution < -0.4 is 5.32 Å². The Hall–Kier alpha value is -0.530. The van der Waals surface area contributed by atoms with Gasteiger partial charge in [-0.3, -0.25) is 0 Å². The molecule has 19 heavy (non-hydrogen) atoms. The molecule has 0 radical (unpaired) electrons. The number of sulfone groups is 1. The van der Waals surface area contributed by atoms with E-state index < -0.39 is 32.3 Å². The summed E-state index contributed by atoms with van der Waals surface area (Å²) in [6.07, 6.45) is 1.05. The predicted molar refractivity (Wildman–Crippen MR) is 74.8 cm³/mol. The van der Waals surface area contributed by atoms with Crippen LogP contribution in [-0.2, 0) is 9.84 Å². The number of hydrogen-bond acceptors (Lipinski definition) is 3. The van der Waals surface area contributed by atoms with Crippen molar-refractivity contribution < 1.29 is 17.2 Å². The third-order valence-electron chi connectivity index (χ3n) is 3.31. The van der Waals surface area contributed by atoms with Gasteiger partial charge in [0.05, 0.1) is 15.3 Å². The maximum absolute atomic E-state index is 14.1. The van der Waals surface area contributed by atoms with Crippen molar-refractivity contribution in [1.29, 1.82) is 0 Å². The Morgan fingerprint density at radius 2 is 1.84 bits per heavy atom. The van der Waals surface area contributed by atoms with E-state index >= 15 is 0 Å². The molecule has 1 aromatic rings. The van der Waals surface area contributed by atoms with Crippen LogP contribution in [0.5, 0.6) is 0 Å². The fourth-order valence-electron chi connectivity index (χ4n) is 1.86. The number of benzene rings is 1. The SMILES string of the molecule is CNC(c1c(F)ccc(Br)c1F)C(C)(C)S(C)(=O)=O. The molecule has 0 aromatic heterocycles. The zero-order valence-corrected chi connectivity index (χ0v) is 13.5. The van der Waals surface area contributed by atoms with Crippen LogP contribution in [0.25, 0.3) is 0 Å². The molecular weight excluding hydrogens is 340 g/mol. The summed E-state index contributed by atoms with van der Waals surface area (Å²) in [5.41, 5.74) is -0.285. The number of nitrogens with one attached hydrogen (secondary N) is 1. The molecule has 3 nitrogen and oxygen atoms in total. The van der Waals surface area contributed by atoms with Crippen molar-refractivity contribution in [3.63, 3.8) is 0 Å². The van der Waals surface area contributed by atoms with Crippen molar-refractivity contribution in [2.24, 2.45) is 0 Å². The highest BCUT2D eigenvalue weighted by molar-refractivity contribution is 9.10. The molecule has 1 unspecified atom stereocenters. The van der Waals surface area contributed by atoms with Crippen molar-refractivity contribution in [2.45, 2.75) is 24.6 Å². The van der Waals surface area contributed by atoms with Crippen molar-refractivity contribution in [2.75, 3.05) is 13.3 Å². The number of rotatable bonds is 4. The van der Waals surface area contributed by atoms with Gasteiger partial charge in [-0.15, -0.1) is 0 Å². The average Bonchev–Trinajstić information content (AvgIpc) is 2.27. The number of hydrogen-bond donors (Lipinski definition) is 1. The molecule has 108 valence electrons. The monoisotopic (exact) mass is 355 g/mol. The highest BCUT2D eigenvalue weighted by atomic mass is 79.9. The van der Waals surface area contributed by atoms with E-state index in [-0.39, 0.29) is 10.0 Å². The molecule has 0 aliphatic carbocycles. The van der Waals surface area contributed by atoms with Gasteiger partial charge >= 0.3 is 0 Å². The minimum absolute atomic E-state index is 0.0912. The Morgan fingerprint density at radius 3 is 2.26 bits per heavy atom. The second-order valence-corrected chi connectivity index (χ2v) is 8.31. The first-order chi connectivity index (χ1) is 8.54. The summed E-state index contributed by atoms with van der Waals surface area (Å²) in [7, 11) is -2.05. The van der Waals surface area contributed by atoms with Gasteiger partial charge in [0.15, 0.2) is 9.84 Å². The summed E-state index contributed by atoms with van der Waals surface area (Å²) in [6, 6.07) is 1.35. The van der Waals surface area contributed by atoms with Crippen LogP contribution in [0.1, 0.15) is 25.5 Å². The quantitative estimate of drug-likeness (QED) is 0.844. The highest BCUT2D eigenvalue weighted by Crippen LogP contribution is 2.36. The van der Waals surface area contributed by atoms with Gasteiger partial charge in [-0.2, -0.15) is 0 Å². The fourth-order valence-corrected chi connectivity index (χ4v) is 2.87. The Kier molecular flexibility index (Phi) is 4.75. The first-order valence-corrected chi connectivity index (χ1v) is 8.22. The molecule has 0 aliphatic heterocycles. The van der Waals surface area contributed by atoms with Gasteiger partial charge in [0, 0.05) is 11.8 Å². The molecular formula is C12H16BrF2NO2S. The minimum atomic E-state index is -3.52. The van der Waals surface area contributed by atoms with Gasteiger partial charge in [-0.25, -0.2) is 17.2 Å². The van der Waals surface area contributed by atoms with Crippen molar-refractivity contribution in [3.8, 4) is 0 Å². The van der Waals surface area contributed by atoms with Gasteiger partial charge in [0.2, 0.25) is 0 Å². The second kappa shape index (κ2) is 5.46. The Morgan fingerprint density at radius 1 is 1.32 bits per heavy atom. The lowest BCUT2D eigenvalue weighted by Gasteiger charge is -2.33. The van der Waals surface area contributed by atoms with Gasteiger partial charge < -0.3 is 5.32 Å². The topological polar surface area (TPSA) is 46.2 Å². The largest absolute Gasteiger partial charge is 0.312 e. The third-order valence-corrected chi connectivity index (χ3v) is 6.07. The van der Waals surface area contributed by atoms with E-state index in [0.29, 0.717) is 0 Å². The molecule has 0 spiro atoms. The maximum atomic E-state index is 14.1. The van der Waals surface area contributed by atoms with E-state index in [0.717, 1.165) is 12.3 Å². The molecule has 0 amide bonds. The smallest absolute Gasteiger partial charge is 0.154 e. The van der Waals surface area contributed by atoms with E-state index in [4.69, 9.17) is 0 Å². The first kappa shape index (κ1) is 16.5. The molecule has 0 saturated heterocycles. The lowest BCUT2D eigenvalue weighted by Crippen LogP contribution is -2.44. The highest BCUT2D eigenvalue weighted by Gasteiger charge is 2.41. The maximum Gasteiger partial charge on any atom is 0.154 e. The summed E-state index contributed by atoms with van der Waals surface area (Å²) < 4.78 is 50.4. The van der Waals surface area contributed by atoms with E-state index in [1.807, 2.05) is 0 Å². The van der Waals surface area contributed by atoms with Crippen LogP contribution in [0.4, 0.5) is 8.78 Å². The number of halogens is 3. The summed E-state index contributed by atoms with van der Waals surface area (Å²) in [5.74, 6) is -1.58. The van der Waals surface area contributed by atoms with Crippen molar-refractivity contribution in [1.82, 2.24) is 5.32 Å². The molecule has 1 aromatic carbocycles. The molecule has 0 fully saturated rings. The summed E-state index contributed by atoms with van der Waals surface area (Å²) in [5, 5.41) is 2.69. The van der Waals surface area contributed by atoms with Crippen molar-refractivity contribution >= 4 is 25.8 Å². The standard InChI is InChI=1S/C12H16BrF2NO2S/c1-12(2,19(4,17)18)11(16-3)9-8(14)6-5-7(13)10(9)15/h5-6,11,16H,1-4H3. The second-order valence-electron chi connectivity index (χ2n) is 4.85. The molecule has 1 atom stereocenters. The zero-order chi connectivity index (χ0) is 15.0. The lowest BCUT2D eigenvalue weighted by molar-refractivity contribution is 0.410. The molecule has 7 heteroatoms. The summed E-state index contributed by atoms with van der Waals surface area (Å²) in [4.78, 5) is 0. The van der Waals surface area contributed by atoms with E-state index in [1.165, 1.54) is 27.0 Å². The third kappa shape index (κ3) is 2.98. The Bertz CT molecular complexity index is 588. The molecule has 0 saturated carbocycles. The van der Waals surface area contributed by atoms with Crippen LogP contribution in [-0.4, -0.2) is 26.5 Å². The van der Waals surface area contributed by atoms with Crippen LogP contribution in [0.3, 0.4) is 0 Å². The van der Waals surface area contributed by atoms with Crippen molar-refractivity contribution in [3.05, 3.63) is 33.8 Å². The minimum Gasteiger partial charge on any atom is -0.312 e. The predicted octanol–water partition coefficient (Wildman–Crippen LogP) is 2.81. The van der Waals surface area contributed by atoms with E-state index in [2.05, 4.69) is 21.2 Å². The lowest BCUT2D eigenvalue weighted by atomic mass is 9.94. The van der Waals surface area contributed by atoms with E-state index in [1.54, 1.807) is 0 Å². The van der Waals surface area contributed by atoms with Gasteiger partial charge in [0.1, 0.15) is 11.6 Å². The summed E-state index contributed by atoms with van der Waals surface area (Å²) >= 11 is 2.98. The Balaban J connectivity index is 3.54. The van der Waals surface area contributed by atoms with E-state index in [9.17, 15) is 17.2 Å².